The first-order chi connectivity index (χ1) is 13.5. The molecule has 1 amide bonds. The molecule has 0 radical (unpaired) electrons. The maximum Gasteiger partial charge on any atom is 0.409 e. The van der Waals surface area contributed by atoms with E-state index in [2.05, 4.69) is 4.90 Å². The quantitative estimate of drug-likeness (QED) is 0.827. The highest BCUT2D eigenvalue weighted by atomic mass is 16.6. The van der Waals surface area contributed by atoms with Crippen LogP contribution in [-0.2, 0) is 9.47 Å². The molecule has 0 unspecified atom stereocenters. The van der Waals surface area contributed by atoms with E-state index >= 15 is 0 Å². The molecule has 1 aromatic carbocycles. The lowest BCUT2D eigenvalue weighted by Gasteiger charge is -2.39. The van der Waals surface area contributed by atoms with Gasteiger partial charge in [0.15, 0.2) is 0 Å². The maximum atomic E-state index is 11.9. The minimum absolute atomic E-state index is 0.189. The van der Waals surface area contributed by atoms with Crippen molar-refractivity contribution >= 4 is 6.09 Å². The van der Waals surface area contributed by atoms with Crippen LogP contribution in [0.15, 0.2) is 24.3 Å². The fraction of sp³-hybridized carbons (Fsp3) is 0.667. The average Bonchev–Trinajstić information content (AvgIpc) is 2.89. The zero-order valence-electron chi connectivity index (χ0n) is 16.9. The van der Waals surface area contributed by atoms with Crippen molar-refractivity contribution in [3.05, 3.63) is 29.8 Å². The summed E-state index contributed by atoms with van der Waals surface area (Å²) < 4.78 is 16.6. The molecule has 0 aliphatic carbocycles. The summed E-state index contributed by atoms with van der Waals surface area (Å²) in [6.07, 6.45) is 1.50. The van der Waals surface area contributed by atoms with Gasteiger partial charge in [0.1, 0.15) is 18.0 Å². The Balaban J connectivity index is 1.55. The number of ether oxygens (including phenoxy) is 3. The number of likely N-dealkylation sites (tertiary alicyclic amines) is 1. The van der Waals surface area contributed by atoms with Gasteiger partial charge in [0, 0.05) is 32.2 Å². The first-order valence-corrected chi connectivity index (χ1v) is 10.1. The van der Waals surface area contributed by atoms with Crippen LogP contribution < -0.4 is 4.74 Å². The molecule has 0 aromatic heterocycles. The van der Waals surface area contributed by atoms with E-state index in [4.69, 9.17) is 14.2 Å². The van der Waals surface area contributed by atoms with Crippen LogP contribution in [0.4, 0.5) is 4.79 Å². The van der Waals surface area contributed by atoms with E-state index in [9.17, 15) is 9.90 Å². The minimum Gasteiger partial charge on any atom is -0.490 e. The summed E-state index contributed by atoms with van der Waals surface area (Å²) in [6.45, 7) is 7.91. The van der Waals surface area contributed by atoms with E-state index in [1.54, 1.807) is 4.90 Å². The molecule has 1 atom stereocenters. The number of amides is 1. The van der Waals surface area contributed by atoms with Gasteiger partial charge in [0.2, 0.25) is 0 Å². The molecule has 2 heterocycles. The molecule has 3 rings (SSSR count). The molecule has 2 aliphatic heterocycles. The second-order valence-corrected chi connectivity index (χ2v) is 7.77. The largest absolute Gasteiger partial charge is 0.490 e. The van der Waals surface area contributed by atoms with Gasteiger partial charge in [0.05, 0.1) is 19.8 Å². The van der Waals surface area contributed by atoms with Gasteiger partial charge >= 0.3 is 6.09 Å². The smallest absolute Gasteiger partial charge is 0.409 e. The van der Waals surface area contributed by atoms with E-state index in [-0.39, 0.29) is 19.3 Å². The molecule has 0 bridgehead atoms. The summed E-state index contributed by atoms with van der Waals surface area (Å²) >= 11 is 0. The predicted octanol–water partition coefficient (Wildman–Crippen LogP) is 2.06. The number of rotatable bonds is 5. The van der Waals surface area contributed by atoms with Crippen LogP contribution in [0.1, 0.15) is 25.3 Å². The second kappa shape index (κ2) is 9.58. The topological polar surface area (TPSA) is 71.5 Å². The number of β-amino-alcohol motifs (C(OH)–C–C–N with tert-alkyl or cyclic N) is 1. The Morgan fingerprint density at radius 1 is 1.32 bits per heavy atom. The van der Waals surface area contributed by atoms with Crippen molar-refractivity contribution in [2.75, 3.05) is 52.6 Å². The first-order valence-electron chi connectivity index (χ1n) is 10.1. The van der Waals surface area contributed by atoms with E-state index in [1.165, 1.54) is 0 Å². The molecule has 2 fully saturated rings. The fourth-order valence-corrected chi connectivity index (χ4v) is 3.90. The zero-order valence-corrected chi connectivity index (χ0v) is 16.9. The molecule has 0 saturated carbocycles. The summed E-state index contributed by atoms with van der Waals surface area (Å²) in [6, 6.07) is 8.14. The summed E-state index contributed by atoms with van der Waals surface area (Å²) in [5.41, 5.74) is 0.0648. The van der Waals surface area contributed by atoms with Gasteiger partial charge in [-0.1, -0.05) is 12.1 Å². The SMILES string of the molecule is CCOC(=O)N1CCC(N2CCOC[C@](O)(COc3cccc(C)c3)C2)CC1. The minimum atomic E-state index is -1.06. The van der Waals surface area contributed by atoms with Crippen LogP contribution in [0.5, 0.6) is 5.75 Å². The van der Waals surface area contributed by atoms with E-state index in [0.717, 1.165) is 30.7 Å². The number of hydrogen-bond donors (Lipinski definition) is 1. The highest BCUT2D eigenvalue weighted by molar-refractivity contribution is 5.67. The van der Waals surface area contributed by atoms with Crippen LogP contribution in [0, 0.1) is 6.92 Å². The Kier molecular flexibility index (Phi) is 7.15. The number of benzene rings is 1. The molecule has 1 N–H and O–H groups in total. The van der Waals surface area contributed by atoms with Crippen molar-refractivity contribution in [1.29, 1.82) is 0 Å². The third kappa shape index (κ3) is 5.59. The molecular formula is C21H32N2O5. The molecule has 2 aliphatic rings. The van der Waals surface area contributed by atoms with Crippen molar-refractivity contribution in [2.24, 2.45) is 0 Å². The van der Waals surface area contributed by atoms with Crippen molar-refractivity contribution in [2.45, 2.75) is 38.3 Å². The number of aryl methyl sites for hydroxylation is 1. The lowest BCUT2D eigenvalue weighted by molar-refractivity contribution is -0.0688. The van der Waals surface area contributed by atoms with Gasteiger partial charge in [-0.2, -0.15) is 0 Å². The average molecular weight is 392 g/mol. The monoisotopic (exact) mass is 392 g/mol. The first kappa shape index (κ1) is 20.9. The molecule has 1 aromatic rings. The van der Waals surface area contributed by atoms with Crippen molar-refractivity contribution in [3.63, 3.8) is 0 Å². The van der Waals surface area contributed by atoms with Crippen LogP contribution in [0.25, 0.3) is 0 Å². The number of carbonyl (C=O) groups excluding carboxylic acids is 1. The van der Waals surface area contributed by atoms with E-state index in [1.807, 2.05) is 38.1 Å². The highest BCUT2D eigenvalue weighted by Gasteiger charge is 2.37. The standard InChI is InChI=1S/C21H32N2O5/c1-3-27-20(24)22-9-7-18(8-10-22)23-11-12-26-15-21(25,14-23)16-28-19-6-4-5-17(2)13-19/h4-6,13,18,25H,3,7-12,14-16H2,1-2H3/t21-/m0/s1. The molecule has 156 valence electrons. The number of piperidine rings is 1. The summed E-state index contributed by atoms with van der Waals surface area (Å²) in [5.74, 6) is 0.756. The summed E-state index contributed by atoms with van der Waals surface area (Å²) in [5, 5.41) is 11.1. The van der Waals surface area contributed by atoms with Gasteiger partial charge in [-0.3, -0.25) is 4.90 Å². The number of hydrogen-bond acceptors (Lipinski definition) is 6. The van der Waals surface area contributed by atoms with Crippen molar-refractivity contribution in [3.8, 4) is 5.75 Å². The Labute approximate surface area is 167 Å². The molecule has 7 nitrogen and oxygen atoms in total. The zero-order chi connectivity index (χ0) is 20.0. The van der Waals surface area contributed by atoms with Crippen LogP contribution in [0.2, 0.25) is 0 Å². The van der Waals surface area contributed by atoms with Crippen LogP contribution >= 0.6 is 0 Å². The lowest BCUT2D eigenvalue weighted by atomic mass is 10.00. The normalized spacial score (nSPS) is 24.6. The lowest BCUT2D eigenvalue weighted by Crippen LogP contribution is -2.54. The molecule has 0 spiro atoms. The van der Waals surface area contributed by atoms with E-state index in [0.29, 0.717) is 38.9 Å². The molecule has 2 saturated heterocycles. The van der Waals surface area contributed by atoms with Crippen molar-refractivity contribution in [1.82, 2.24) is 9.80 Å². The second-order valence-electron chi connectivity index (χ2n) is 7.77. The fourth-order valence-electron chi connectivity index (χ4n) is 3.90. The Hall–Kier alpha value is -1.83. The predicted molar refractivity (Wildman–Crippen MR) is 106 cm³/mol. The van der Waals surface area contributed by atoms with Crippen LogP contribution in [0.3, 0.4) is 0 Å². The van der Waals surface area contributed by atoms with Gasteiger partial charge in [0.25, 0.3) is 0 Å². The number of carbonyl (C=O) groups is 1. The number of nitrogens with zero attached hydrogens (tertiary/aromatic N) is 2. The number of aliphatic hydroxyl groups is 1. The molecular weight excluding hydrogens is 360 g/mol. The highest BCUT2D eigenvalue weighted by Crippen LogP contribution is 2.23. The summed E-state index contributed by atoms with van der Waals surface area (Å²) in [7, 11) is 0. The van der Waals surface area contributed by atoms with Gasteiger partial charge < -0.3 is 24.2 Å². The molecule has 7 heteroatoms. The Bertz CT molecular complexity index is 647. The summed E-state index contributed by atoms with van der Waals surface area (Å²) in [4.78, 5) is 15.9. The molecule has 28 heavy (non-hydrogen) atoms. The third-order valence-corrected chi connectivity index (χ3v) is 5.39. The Morgan fingerprint density at radius 2 is 2.11 bits per heavy atom. The Morgan fingerprint density at radius 3 is 2.82 bits per heavy atom. The van der Waals surface area contributed by atoms with Gasteiger partial charge in [-0.05, 0) is 44.4 Å². The third-order valence-electron chi connectivity index (χ3n) is 5.39. The van der Waals surface area contributed by atoms with Gasteiger partial charge in [-0.15, -0.1) is 0 Å². The van der Waals surface area contributed by atoms with Gasteiger partial charge in [-0.25, -0.2) is 4.79 Å². The van der Waals surface area contributed by atoms with Crippen LogP contribution in [-0.4, -0.2) is 85.2 Å². The maximum absolute atomic E-state index is 11.9. The van der Waals surface area contributed by atoms with Crippen molar-refractivity contribution < 1.29 is 24.1 Å². The van der Waals surface area contributed by atoms with E-state index < -0.39 is 5.60 Å².